The van der Waals surface area contributed by atoms with Crippen LogP contribution in [0.25, 0.3) is 11.0 Å². The third-order valence-corrected chi connectivity index (χ3v) is 7.14. The van der Waals surface area contributed by atoms with Gasteiger partial charge in [-0.05, 0) is 69.1 Å². The number of hydrogen-bond acceptors (Lipinski definition) is 3. The highest BCUT2D eigenvalue weighted by molar-refractivity contribution is 6.35. The van der Waals surface area contributed by atoms with Crippen molar-refractivity contribution in [2.45, 2.75) is 58.4 Å². The molecule has 1 fully saturated rings. The van der Waals surface area contributed by atoms with Crippen LogP contribution < -0.4 is 5.32 Å². The minimum atomic E-state index is -0.481. The van der Waals surface area contributed by atoms with E-state index in [1.54, 1.807) is 13.1 Å². The van der Waals surface area contributed by atoms with Crippen molar-refractivity contribution in [1.82, 2.24) is 14.9 Å². The monoisotopic (exact) mass is 465 g/mol. The second kappa shape index (κ2) is 10.1. The van der Waals surface area contributed by atoms with Crippen LogP contribution in [0.1, 0.15) is 49.3 Å². The minimum Gasteiger partial charge on any atom is -0.346 e. The van der Waals surface area contributed by atoms with Gasteiger partial charge in [-0.2, -0.15) is 0 Å². The first-order valence-electron chi connectivity index (χ1n) is 11.8. The fraction of sp³-hybridized carbons (Fsp3) is 0.444. The standard InChI is InChI=1S/C27H32ClN3O2/c1-17-5-4-6-19(11-17)12-20-7-9-22(13-20)27(33)30-18(2)25(32)10-8-21-14-23-24(28)16-31(3)26(23)29-15-21/h4-6,11,14-16,18,20,22H,7-10,12-13H2,1-3H3,(H,30,33)/t18-,20-,22+/m0/s1. The number of nitrogens with zero attached hydrogens (tertiary/aromatic N) is 2. The number of pyridine rings is 1. The third kappa shape index (κ3) is 5.64. The maximum absolute atomic E-state index is 12.8. The highest BCUT2D eigenvalue weighted by Crippen LogP contribution is 2.33. The molecule has 3 aromatic rings. The Morgan fingerprint density at radius 2 is 2.06 bits per heavy atom. The van der Waals surface area contributed by atoms with Crippen molar-refractivity contribution in [1.29, 1.82) is 0 Å². The normalized spacial score (nSPS) is 19.0. The van der Waals surface area contributed by atoms with E-state index >= 15 is 0 Å². The minimum absolute atomic E-state index is 0.00175. The molecule has 0 aliphatic heterocycles. The number of Topliss-reactive ketones (excluding diaryl/α,β-unsaturated/α-hetero) is 1. The predicted octanol–water partition coefficient (Wildman–Crippen LogP) is 5.20. The van der Waals surface area contributed by atoms with Crippen LogP contribution in [0.2, 0.25) is 5.02 Å². The van der Waals surface area contributed by atoms with E-state index in [0.29, 0.717) is 23.8 Å². The quantitative estimate of drug-likeness (QED) is 0.497. The lowest BCUT2D eigenvalue weighted by Crippen LogP contribution is -2.41. The van der Waals surface area contributed by atoms with Crippen LogP contribution in [-0.4, -0.2) is 27.3 Å². The Labute approximate surface area is 200 Å². The van der Waals surface area contributed by atoms with Gasteiger partial charge in [-0.15, -0.1) is 0 Å². The van der Waals surface area contributed by atoms with Crippen LogP contribution in [0.3, 0.4) is 0 Å². The van der Waals surface area contributed by atoms with E-state index in [1.807, 2.05) is 23.9 Å². The summed E-state index contributed by atoms with van der Waals surface area (Å²) in [6.07, 6.45) is 8.43. The van der Waals surface area contributed by atoms with E-state index in [2.05, 4.69) is 41.5 Å². The molecular weight excluding hydrogens is 434 g/mol. The fourth-order valence-corrected chi connectivity index (χ4v) is 5.25. The van der Waals surface area contributed by atoms with Crippen LogP contribution in [0, 0.1) is 18.8 Å². The van der Waals surface area contributed by atoms with Crippen molar-refractivity contribution >= 4 is 34.3 Å². The number of nitrogens with one attached hydrogen (secondary N) is 1. The Bertz CT molecular complexity index is 1170. The van der Waals surface area contributed by atoms with Crippen molar-refractivity contribution in [2.75, 3.05) is 0 Å². The number of aromatic nitrogens is 2. The number of halogens is 1. The number of carbonyl (C=O) groups excluding carboxylic acids is 2. The Balaban J connectivity index is 1.25. The molecule has 5 nitrogen and oxygen atoms in total. The zero-order valence-corrected chi connectivity index (χ0v) is 20.4. The molecule has 4 rings (SSSR count). The molecule has 1 amide bonds. The molecule has 1 aliphatic rings. The summed E-state index contributed by atoms with van der Waals surface area (Å²) in [7, 11) is 1.91. The number of hydrogen-bond donors (Lipinski definition) is 1. The Morgan fingerprint density at radius 1 is 1.24 bits per heavy atom. The summed E-state index contributed by atoms with van der Waals surface area (Å²) in [5.41, 5.74) is 4.41. The van der Waals surface area contributed by atoms with Gasteiger partial charge in [0.05, 0.1) is 11.1 Å². The van der Waals surface area contributed by atoms with Gasteiger partial charge in [0.25, 0.3) is 0 Å². The van der Waals surface area contributed by atoms with Gasteiger partial charge in [0.1, 0.15) is 5.65 Å². The molecule has 33 heavy (non-hydrogen) atoms. The molecule has 0 spiro atoms. The van der Waals surface area contributed by atoms with Crippen LogP contribution >= 0.6 is 11.6 Å². The molecular formula is C27H32ClN3O2. The molecule has 2 heterocycles. The number of rotatable bonds is 8. The zero-order chi connectivity index (χ0) is 23.5. The first kappa shape index (κ1) is 23.5. The first-order chi connectivity index (χ1) is 15.8. The maximum Gasteiger partial charge on any atom is 0.223 e. The summed E-state index contributed by atoms with van der Waals surface area (Å²) in [4.78, 5) is 29.9. The van der Waals surface area contributed by atoms with Crippen molar-refractivity contribution in [3.63, 3.8) is 0 Å². The lowest BCUT2D eigenvalue weighted by Gasteiger charge is -2.17. The number of ketones is 1. The molecule has 1 aliphatic carbocycles. The fourth-order valence-electron chi connectivity index (χ4n) is 4.96. The number of benzene rings is 1. The van der Waals surface area contributed by atoms with E-state index in [4.69, 9.17) is 11.6 Å². The molecule has 3 atom stereocenters. The summed E-state index contributed by atoms with van der Waals surface area (Å²) in [6.45, 7) is 3.90. The lowest BCUT2D eigenvalue weighted by atomic mass is 9.95. The molecule has 0 unspecified atom stereocenters. The van der Waals surface area contributed by atoms with Crippen LogP contribution in [0.4, 0.5) is 0 Å². The van der Waals surface area contributed by atoms with Crippen molar-refractivity contribution in [2.24, 2.45) is 18.9 Å². The number of amides is 1. The highest BCUT2D eigenvalue weighted by Gasteiger charge is 2.31. The van der Waals surface area contributed by atoms with Gasteiger partial charge in [0.2, 0.25) is 5.91 Å². The molecule has 1 N–H and O–H groups in total. The van der Waals surface area contributed by atoms with Gasteiger partial charge in [-0.3, -0.25) is 9.59 Å². The van der Waals surface area contributed by atoms with Gasteiger partial charge < -0.3 is 9.88 Å². The average Bonchev–Trinajstić information content (AvgIpc) is 3.36. The Morgan fingerprint density at radius 3 is 2.85 bits per heavy atom. The second-order valence-electron chi connectivity index (χ2n) is 9.57. The van der Waals surface area contributed by atoms with Crippen molar-refractivity contribution in [3.05, 3.63) is 64.4 Å². The molecule has 2 aromatic heterocycles. The Kier molecular flexibility index (Phi) is 7.18. The Hall–Kier alpha value is -2.66. The molecule has 0 radical (unpaired) electrons. The molecule has 0 saturated heterocycles. The van der Waals surface area contributed by atoms with Gasteiger partial charge in [-0.25, -0.2) is 4.98 Å². The molecule has 1 saturated carbocycles. The summed E-state index contributed by atoms with van der Waals surface area (Å²) in [5.74, 6) is 0.585. The second-order valence-corrected chi connectivity index (χ2v) is 9.98. The summed E-state index contributed by atoms with van der Waals surface area (Å²) in [6, 6.07) is 10.1. The van der Waals surface area contributed by atoms with E-state index in [-0.39, 0.29) is 17.6 Å². The van der Waals surface area contributed by atoms with E-state index in [1.165, 1.54) is 11.1 Å². The number of fused-ring (bicyclic) bond motifs is 1. The van der Waals surface area contributed by atoms with Crippen LogP contribution in [-0.2, 0) is 29.5 Å². The van der Waals surface area contributed by atoms with Crippen LogP contribution in [0.15, 0.2) is 42.7 Å². The number of carbonyl (C=O) groups is 2. The topological polar surface area (TPSA) is 64.0 Å². The van der Waals surface area contributed by atoms with Gasteiger partial charge in [0.15, 0.2) is 5.78 Å². The first-order valence-corrected chi connectivity index (χ1v) is 12.2. The predicted molar refractivity (Wildman–Crippen MR) is 132 cm³/mol. The average molecular weight is 466 g/mol. The van der Waals surface area contributed by atoms with Crippen molar-refractivity contribution < 1.29 is 9.59 Å². The zero-order valence-electron chi connectivity index (χ0n) is 19.6. The molecule has 6 heteroatoms. The summed E-state index contributed by atoms with van der Waals surface area (Å²) < 4.78 is 1.89. The largest absolute Gasteiger partial charge is 0.346 e. The van der Waals surface area contributed by atoms with Crippen molar-refractivity contribution in [3.8, 4) is 0 Å². The third-order valence-electron chi connectivity index (χ3n) is 6.84. The number of aryl methyl sites for hydroxylation is 3. The molecule has 0 bridgehead atoms. The smallest absolute Gasteiger partial charge is 0.223 e. The molecule has 174 valence electrons. The maximum atomic E-state index is 12.8. The SMILES string of the molecule is Cc1cccc(C[C@@H]2CC[C@@H](C(=O)N[C@@H](C)C(=O)CCc3cnc4c(c3)c(Cl)cn4C)C2)c1. The van der Waals surface area contributed by atoms with Gasteiger partial charge >= 0.3 is 0 Å². The lowest BCUT2D eigenvalue weighted by molar-refractivity contribution is -0.129. The summed E-state index contributed by atoms with van der Waals surface area (Å²) >= 11 is 6.27. The van der Waals surface area contributed by atoms with E-state index in [9.17, 15) is 9.59 Å². The van der Waals surface area contributed by atoms with Gasteiger partial charge in [0, 0.05) is 37.2 Å². The van der Waals surface area contributed by atoms with E-state index < -0.39 is 6.04 Å². The van der Waals surface area contributed by atoms with Crippen LogP contribution in [0.5, 0.6) is 0 Å². The molecule has 1 aromatic carbocycles. The van der Waals surface area contributed by atoms with E-state index in [0.717, 1.165) is 42.3 Å². The highest BCUT2D eigenvalue weighted by atomic mass is 35.5. The summed E-state index contributed by atoms with van der Waals surface area (Å²) in [5, 5.41) is 4.52. The van der Waals surface area contributed by atoms with Gasteiger partial charge in [-0.1, -0.05) is 41.4 Å².